The molecule has 1 aliphatic heterocycles. The molecule has 1 aromatic carbocycles. The van der Waals surface area contributed by atoms with E-state index in [1.54, 1.807) is 24.4 Å². The molecule has 0 radical (unpaired) electrons. The highest BCUT2D eigenvalue weighted by molar-refractivity contribution is 6.32. The Morgan fingerprint density at radius 1 is 1.26 bits per heavy atom. The number of benzene rings is 1. The zero-order chi connectivity index (χ0) is 17.7. The molecule has 9 heteroatoms. The molecular formula is C18H22Cl3N3O3. The van der Waals surface area contributed by atoms with Gasteiger partial charge in [-0.3, -0.25) is 9.78 Å². The highest BCUT2D eigenvalue weighted by Gasteiger charge is 2.35. The highest BCUT2D eigenvalue weighted by atomic mass is 35.5. The van der Waals surface area contributed by atoms with E-state index in [2.05, 4.69) is 10.3 Å². The first-order valence-corrected chi connectivity index (χ1v) is 8.45. The maximum atomic E-state index is 12.4. The van der Waals surface area contributed by atoms with E-state index in [1.807, 2.05) is 18.2 Å². The van der Waals surface area contributed by atoms with Gasteiger partial charge in [0.2, 0.25) is 5.91 Å². The number of hydrogen-bond acceptors (Lipinski definition) is 5. The van der Waals surface area contributed by atoms with Crippen molar-refractivity contribution in [2.45, 2.75) is 25.0 Å². The Kier molecular flexibility index (Phi) is 9.29. The summed E-state index contributed by atoms with van der Waals surface area (Å²) in [5.41, 5.74) is 6.66. The summed E-state index contributed by atoms with van der Waals surface area (Å²) in [7, 11) is 0. The van der Waals surface area contributed by atoms with Crippen LogP contribution in [-0.2, 0) is 16.1 Å². The van der Waals surface area contributed by atoms with Gasteiger partial charge in [-0.25, -0.2) is 0 Å². The van der Waals surface area contributed by atoms with Crippen LogP contribution in [-0.4, -0.2) is 29.6 Å². The van der Waals surface area contributed by atoms with E-state index in [-0.39, 0.29) is 30.7 Å². The summed E-state index contributed by atoms with van der Waals surface area (Å²) in [6.07, 6.45) is 2.70. The summed E-state index contributed by atoms with van der Waals surface area (Å²) in [4.78, 5) is 16.6. The number of halogens is 3. The highest BCUT2D eigenvalue weighted by Crippen LogP contribution is 2.29. The van der Waals surface area contributed by atoms with Crippen molar-refractivity contribution < 1.29 is 14.3 Å². The van der Waals surface area contributed by atoms with Gasteiger partial charge in [-0.05, 0) is 43.2 Å². The van der Waals surface area contributed by atoms with Crippen molar-refractivity contribution in [2.75, 3.05) is 18.5 Å². The minimum atomic E-state index is -0.904. The number of hydrogen-bond donors (Lipinski definition) is 2. The lowest BCUT2D eigenvalue weighted by atomic mass is 9.90. The summed E-state index contributed by atoms with van der Waals surface area (Å²) in [6.45, 7) is 1.30. The number of nitrogens with one attached hydrogen (secondary N) is 1. The van der Waals surface area contributed by atoms with Crippen LogP contribution >= 0.6 is 36.4 Å². The molecule has 1 aromatic heterocycles. The van der Waals surface area contributed by atoms with Crippen LogP contribution in [0.25, 0.3) is 0 Å². The Labute approximate surface area is 175 Å². The first kappa shape index (κ1) is 23.5. The third kappa shape index (κ3) is 6.23. The summed E-state index contributed by atoms with van der Waals surface area (Å²) in [6, 6.07) is 10.7. The van der Waals surface area contributed by atoms with Crippen molar-refractivity contribution in [1.82, 2.24) is 4.98 Å². The molecule has 0 atom stereocenters. The number of rotatable bonds is 5. The number of aromatic nitrogens is 1. The Morgan fingerprint density at radius 3 is 2.63 bits per heavy atom. The van der Waals surface area contributed by atoms with Gasteiger partial charge >= 0.3 is 0 Å². The number of carbonyl (C=O) groups excluding carboxylic acids is 1. The van der Waals surface area contributed by atoms with Crippen LogP contribution in [0.5, 0.6) is 5.75 Å². The smallest absolute Gasteiger partial charge is 0.244 e. The molecular weight excluding hydrogens is 413 g/mol. The van der Waals surface area contributed by atoms with E-state index in [0.717, 1.165) is 5.69 Å². The van der Waals surface area contributed by atoms with Crippen molar-refractivity contribution in [3.63, 3.8) is 0 Å². The predicted octanol–water partition coefficient (Wildman–Crippen LogP) is 3.60. The van der Waals surface area contributed by atoms with Crippen molar-refractivity contribution in [3.05, 3.63) is 53.3 Å². The predicted molar refractivity (Wildman–Crippen MR) is 110 cm³/mol. The van der Waals surface area contributed by atoms with E-state index in [9.17, 15) is 4.79 Å². The van der Waals surface area contributed by atoms with Gasteiger partial charge in [0.25, 0.3) is 0 Å². The number of amides is 1. The molecule has 27 heavy (non-hydrogen) atoms. The lowest BCUT2D eigenvalue weighted by molar-refractivity contribution is -0.124. The topological polar surface area (TPSA) is 86.5 Å². The molecule has 3 N–H and O–H groups in total. The molecule has 2 heterocycles. The van der Waals surface area contributed by atoms with Crippen LogP contribution in [0.2, 0.25) is 5.02 Å². The van der Waals surface area contributed by atoms with E-state index in [0.29, 0.717) is 49.1 Å². The van der Waals surface area contributed by atoms with Crippen LogP contribution in [0.3, 0.4) is 0 Å². The van der Waals surface area contributed by atoms with Crippen LogP contribution in [0.1, 0.15) is 18.5 Å². The van der Waals surface area contributed by atoms with Crippen molar-refractivity contribution in [1.29, 1.82) is 0 Å². The fraction of sp³-hybridized carbons (Fsp3) is 0.333. The Balaban J connectivity index is 0.00000182. The Bertz CT molecular complexity index is 741. The van der Waals surface area contributed by atoms with Gasteiger partial charge in [0, 0.05) is 25.1 Å². The lowest BCUT2D eigenvalue weighted by Crippen LogP contribution is -2.54. The first-order valence-electron chi connectivity index (χ1n) is 8.07. The number of pyridine rings is 1. The molecule has 1 aliphatic rings. The Hall–Kier alpha value is -1.57. The van der Waals surface area contributed by atoms with E-state index < -0.39 is 5.54 Å². The number of carbonyl (C=O) groups is 1. The van der Waals surface area contributed by atoms with Crippen LogP contribution in [0, 0.1) is 0 Å². The van der Waals surface area contributed by atoms with Crippen molar-refractivity contribution in [3.8, 4) is 5.75 Å². The second kappa shape index (κ2) is 10.7. The summed E-state index contributed by atoms with van der Waals surface area (Å²) in [5, 5.41) is 3.23. The van der Waals surface area contributed by atoms with Crippen LogP contribution in [0.15, 0.2) is 42.6 Å². The molecule has 0 spiro atoms. The standard InChI is InChI=1S/C18H20ClN3O3.2ClH/c19-15-11-13(22-17(23)18(20)6-9-24-10-7-18)4-5-16(15)25-12-14-3-1-2-8-21-14;;/h1-5,8,11H,6-7,9-10,12,20H2,(H,22,23);2*1H. The zero-order valence-corrected chi connectivity index (χ0v) is 16.9. The molecule has 2 aromatic rings. The molecule has 0 unspecified atom stereocenters. The summed E-state index contributed by atoms with van der Waals surface area (Å²) < 4.78 is 10.9. The maximum Gasteiger partial charge on any atom is 0.244 e. The molecule has 1 saturated heterocycles. The van der Waals surface area contributed by atoms with Gasteiger partial charge in [0.05, 0.1) is 10.7 Å². The fourth-order valence-corrected chi connectivity index (χ4v) is 2.78. The molecule has 6 nitrogen and oxygen atoms in total. The minimum Gasteiger partial charge on any atom is -0.486 e. The largest absolute Gasteiger partial charge is 0.486 e. The maximum absolute atomic E-state index is 12.4. The molecule has 0 bridgehead atoms. The van der Waals surface area contributed by atoms with Gasteiger partial charge < -0.3 is 20.5 Å². The van der Waals surface area contributed by atoms with Gasteiger partial charge in [0.1, 0.15) is 17.9 Å². The third-order valence-corrected chi connectivity index (χ3v) is 4.42. The fourth-order valence-electron chi connectivity index (χ4n) is 2.55. The molecule has 3 rings (SSSR count). The third-order valence-electron chi connectivity index (χ3n) is 4.13. The number of anilines is 1. The van der Waals surface area contributed by atoms with E-state index in [1.165, 1.54) is 0 Å². The molecule has 1 fully saturated rings. The van der Waals surface area contributed by atoms with Crippen LogP contribution < -0.4 is 15.8 Å². The van der Waals surface area contributed by atoms with E-state index in [4.69, 9.17) is 26.8 Å². The van der Waals surface area contributed by atoms with Gasteiger partial charge in [-0.15, -0.1) is 24.8 Å². The van der Waals surface area contributed by atoms with Gasteiger partial charge in [-0.2, -0.15) is 0 Å². The lowest BCUT2D eigenvalue weighted by Gasteiger charge is -2.31. The number of nitrogens with zero attached hydrogens (tertiary/aromatic N) is 1. The number of ether oxygens (including phenoxy) is 2. The summed E-state index contributed by atoms with van der Waals surface area (Å²) in [5.74, 6) is 0.299. The average molecular weight is 435 g/mol. The van der Waals surface area contributed by atoms with Crippen molar-refractivity contribution >= 4 is 48.0 Å². The van der Waals surface area contributed by atoms with Gasteiger partial charge in [-0.1, -0.05) is 17.7 Å². The quantitative estimate of drug-likeness (QED) is 0.751. The molecule has 1 amide bonds. The van der Waals surface area contributed by atoms with Crippen molar-refractivity contribution in [2.24, 2.45) is 5.73 Å². The molecule has 148 valence electrons. The first-order chi connectivity index (χ1) is 12.1. The van der Waals surface area contributed by atoms with E-state index >= 15 is 0 Å². The summed E-state index contributed by atoms with van der Waals surface area (Å²) >= 11 is 6.25. The van der Waals surface area contributed by atoms with Crippen LogP contribution in [0.4, 0.5) is 5.69 Å². The zero-order valence-electron chi connectivity index (χ0n) is 14.5. The average Bonchev–Trinajstić information content (AvgIpc) is 2.62. The van der Waals surface area contributed by atoms with Gasteiger partial charge in [0.15, 0.2) is 0 Å². The minimum absolute atomic E-state index is 0. The SMILES string of the molecule is Cl.Cl.NC1(C(=O)Nc2ccc(OCc3ccccn3)c(Cl)c2)CCOCC1. The normalized spacial score (nSPS) is 15.0. The Morgan fingerprint density at radius 2 is 2.00 bits per heavy atom. The monoisotopic (exact) mass is 433 g/mol. The molecule has 0 aliphatic carbocycles. The molecule has 0 saturated carbocycles. The number of nitrogens with two attached hydrogens (primary N) is 1. The second-order valence-corrected chi connectivity index (χ2v) is 6.38. The second-order valence-electron chi connectivity index (χ2n) is 5.98.